The van der Waals surface area contributed by atoms with Gasteiger partial charge in [0.15, 0.2) is 4.80 Å². The molecule has 0 aliphatic heterocycles. The van der Waals surface area contributed by atoms with Gasteiger partial charge < -0.3 is 9.30 Å². The van der Waals surface area contributed by atoms with E-state index in [0.29, 0.717) is 27.2 Å². The number of rotatable bonds is 8. The summed E-state index contributed by atoms with van der Waals surface area (Å²) in [5, 5.41) is 0. The molecule has 0 saturated carbocycles. The van der Waals surface area contributed by atoms with Gasteiger partial charge in [0, 0.05) is 11.3 Å². The summed E-state index contributed by atoms with van der Waals surface area (Å²) in [6, 6.07) is 10.4. The molecule has 30 heavy (non-hydrogen) atoms. The number of carbonyl (C=O) groups is 2. The van der Waals surface area contributed by atoms with Gasteiger partial charge in [-0.1, -0.05) is 11.3 Å². The van der Waals surface area contributed by atoms with Crippen molar-refractivity contribution < 1.29 is 23.1 Å². The number of hydrogen-bond acceptors (Lipinski definition) is 5. The van der Waals surface area contributed by atoms with Crippen LogP contribution in [-0.4, -0.2) is 28.8 Å². The van der Waals surface area contributed by atoms with Crippen molar-refractivity contribution in [2.45, 2.75) is 31.2 Å². The van der Waals surface area contributed by atoms with Crippen molar-refractivity contribution in [1.82, 2.24) is 4.57 Å². The number of aromatic nitrogens is 1. The van der Waals surface area contributed by atoms with Crippen molar-refractivity contribution in [3.8, 4) is 0 Å². The van der Waals surface area contributed by atoms with E-state index in [0.717, 1.165) is 16.2 Å². The third-order valence-electron chi connectivity index (χ3n) is 4.08. The molecule has 5 nitrogen and oxygen atoms in total. The van der Waals surface area contributed by atoms with Gasteiger partial charge in [-0.05, 0) is 61.6 Å². The number of amides is 1. The third kappa shape index (κ3) is 5.99. The van der Waals surface area contributed by atoms with Gasteiger partial charge in [0.25, 0.3) is 0 Å². The Morgan fingerprint density at radius 3 is 2.60 bits per heavy atom. The highest BCUT2D eigenvalue weighted by molar-refractivity contribution is 7.99. The summed E-state index contributed by atoms with van der Waals surface area (Å²) in [6.45, 7) is 1.85. The second-order valence-electron chi connectivity index (χ2n) is 6.30. The van der Waals surface area contributed by atoms with Crippen molar-refractivity contribution in [2.24, 2.45) is 4.99 Å². The fourth-order valence-corrected chi connectivity index (χ4v) is 4.65. The molecule has 0 spiro atoms. The predicted octanol–water partition coefficient (Wildman–Crippen LogP) is 4.54. The number of carbonyl (C=O) groups excluding carboxylic acids is 2. The van der Waals surface area contributed by atoms with Crippen LogP contribution >= 0.6 is 23.1 Å². The third-order valence-corrected chi connectivity index (χ3v) is 6.21. The maximum atomic E-state index is 13.6. The van der Waals surface area contributed by atoms with E-state index >= 15 is 0 Å². The molecule has 2 aromatic carbocycles. The van der Waals surface area contributed by atoms with Crippen LogP contribution in [0.25, 0.3) is 10.2 Å². The van der Waals surface area contributed by atoms with Crippen LogP contribution in [0.15, 0.2) is 52.4 Å². The lowest BCUT2D eigenvalue weighted by Gasteiger charge is -2.05. The fourth-order valence-electron chi connectivity index (χ4n) is 2.73. The Labute approximate surface area is 180 Å². The minimum absolute atomic E-state index is 0.105. The van der Waals surface area contributed by atoms with Crippen molar-refractivity contribution >= 4 is 45.2 Å². The maximum absolute atomic E-state index is 13.6. The highest BCUT2D eigenvalue weighted by atomic mass is 32.2. The van der Waals surface area contributed by atoms with Crippen LogP contribution in [0.5, 0.6) is 0 Å². The summed E-state index contributed by atoms with van der Waals surface area (Å²) in [6.07, 6.45) is 0.831. The number of hydrogen-bond donors (Lipinski definition) is 0. The Balaban J connectivity index is 1.70. The number of halogens is 2. The largest absolute Gasteiger partial charge is 0.465 e. The SMILES string of the molecule is CCOC(=O)Cn1c(=NC(=O)CCCSc2ccc(F)cc2)sc2cc(F)ccc21. The summed E-state index contributed by atoms with van der Waals surface area (Å²) < 4.78 is 33.7. The first-order valence-corrected chi connectivity index (χ1v) is 11.2. The van der Waals surface area contributed by atoms with Gasteiger partial charge in [0.1, 0.15) is 18.2 Å². The standard InChI is InChI=1S/C21H20F2N2O3S2/c1-2-28-20(27)13-25-17-10-7-15(23)12-18(17)30-21(25)24-19(26)4-3-11-29-16-8-5-14(22)6-9-16/h5-10,12H,2-4,11,13H2,1H3. The van der Waals surface area contributed by atoms with Crippen LogP contribution < -0.4 is 4.80 Å². The van der Waals surface area contributed by atoms with Gasteiger partial charge in [0.2, 0.25) is 5.91 Å². The predicted molar refractivity (Wildman–Crippen MR) is 113 cm³/mol. The van der Waals surface area contributed by atoms with Crippen molar-refractivity contribution in [3.05, 3.63) is 58.9 Å². The van der Waals surface area contributed by atoms with Crippen molar-refractivity contribution in [1.29, 1.82) is 0 Å². The summed E-state index contributed by atoms with van der Waals surface area (Å²) in [5.74, 6) is -0.770. The average molecular weight is 451 g/mol. The van der Waals surface area contributed by atoms with Gasteiger partial charge in [-0.3, -0.25) is 9.59 Å². The van der Waals surface area contributed by atoms with E-state index in [4.69, 9.17) is 4.74 Å². The number of benzene rings is 2. The summed E-state index contributed by atoms with van der Waals surface area (Å²) in [7, 11) is 0. The molecular weight excluding hydrogens is 430 g/mol. The number of thioether (sulfide) groups is 1. The summed E-state index contributed by atoms with van der Waals surface area (Å²) in [5.41, 5.74) is 0.618. The molecular formula is C21H20F2N2O3S2. The Kier molecular flexibility index (Phi) is 7.75. The Bertz CT molecular complexity index is 1110. The molecule has 0 fully saturated rings. The van der Waals surface area contributed by atoms with Crippen LogP contribution in [0, 0.1) is 11.6 Å². The first kappa shape index (κ1) is 22.2. The second-order valence-corrected chi connectivity index (χ2v) is 8.48. The second kappa shape index (κ2) is 10.5. The summed E-state index contributed by atoms with van der Waals surface area (Å²) >= 11 is 2.68. The molecule has 0 N–H and O–H groups in total. The Morgan fingerprint density at radius 2 is 1.87 bits per heavy atom. The number of fused-ring (bicyclic) bond motifs is 1. The van der Waals surface area contributed by atoms with Crippen molar-refractivity contribution in [2.75, 3.05) is 12.4 Å². The topological polar surface area (TPSA) is 60.7 Å². The van der Waals surface area contributed by atoms with Crippen LogP contribution in [0.3, 0.4) is 0 Å². The first-order chi connectivity index (χ1) is 14.5. The number of thiazole rings is 1. The van der Waals surface area contributed by atoms with E-state index in [2.05, 4.69) is 4.99 Å². The van der Waals surface area contributed by atoms with Crippen LogP contribution in [0.1, 0.15) is 19.8 Å². The molecule has 0 unspecified atom stereocenters. The van der Waals surface area contributed by atoms with E-state index in [1.165, 1.54) is 36.0 Å². The first-order valence-electron chi connectivity index (χ1n) is 9.36. The quantitative estimate of drug-likeness (QED) is 0.287. The molecule has 1 heterocycles. The van der Waals surface area contributed by atoms with Crippen LogP contribution in [0.2, 0.25) is 0 Å². The van der Waals surface area contributed by atoms with Gasteiger partial charge >= 0.3 is 5.97 Å². The van der Waals surface area contributed by atoms with E-state index in [1.807, 2.05) is 0 Å². The molecule has 0 atom stereocenters. The minimum Gasteiger partial charge on any atom is -0.465 e. The normalized spacial score (nSPS) is 11.8. The maximum Gasteiger partial charge on any atom is 0.326 e. The molecule has 1 aromatic heterocycles. The Morgan fingerprint density at radius 1 is 1.13 bits per heavy atom. The van der Waals surface area contributed by atoms with Gasteiger partial charge in [-0.15, -0.1) is 11.8 Å². The van der Waals surface area contributed by atoms with E-state index in [9.17, 15) is 18.4 Å². The zero-order valence-electron chi connectivity index (χ0n) is 16.3. The molecule has 3 aromatic rings. The van der Waals surface area contributed by atoms with E-state index < -0.39 is 11.8 Å². The molecule has 3 rings (SSSR count). The molecule has 1 amide bonds. The average Bonchev–Trinajstić information content (AvgIpc) is 3.02. The molecule has 0 aliphatic carbocycles. The molecule has 158 valence electrons. The van der Waals surface area contributed by atoms with Crippen LogP contribution in [0.4, 0.5) is 8.78 Å². The Hall–Kier alpha value is -2.52. The molecule has 0 bridgehead atoms. The zero-order chi connectivity index (χ0) is 21.5. The molecule has 9 heteroatoms. The lowest BCUT2D eigenvalue weighted by atomic mass is 10.3. The fraction of sp³-hybridized carbons (Fsp3) is 0.286. The van der Waals surface area contributed by atoms with Gasteiger partial charge in [-0.25, -0.2) is 8.78 Å². The lowest BCUT2D eigenvalue weighted by molar-refractivity contribution is -0.143. The van der Waals surface area contributed by atoms with Gasteiger partial charge in [-0.2, -0.15) is 4.99 Å². The van der Waals surface area contributed by atoms with Crippen LogP contribution in [-0.2, 0) is 20.9 Å². The molecule has 0 aliphatic rings. The minimum atomic E-state index is -0.453. The zero-order valence-corrected chi connectivity index (χ0v) is 17.9. The molecule has 0 radical (unpaired) electrons. The molecule has 0 saturated heterocycles. The highest BCUT2D eigenvalue weighted by Gasteiger charge is 2.13. The number of esters is 1. The van der Waals surface area contributed by atoms with E-state index in [1.54, 1.807) is 29.7 Å². The number of ether oxygens (including phenoxy) is 1. The van der Waals surface area contributed by atoms with Gasteiger partial charge in [0.05, 0.1) is 16.8 Å². The van der Waals surface area contributed by atoms with Crippen molar-refractivity contribution in [3.63, 3.8) is 0 Å². The monoisotopic (exact) mass is 450 g/mol. The van der Waals surface area contributed by atoms with E-state index in [-0.39, 0.29) is 31.3 Å². The lowest BCUT2D eigenvalue weighted by Crippen LogP contribution is -2.23. The smallest absolute Gasteiger partial charge is 0.326 e. The summed E-state index contributed by atoms with van der Waals surface area (Å²) in [4.78, 5) is 29.7. The number of nitrogens with zero attached hydrogens (tertiary/aromatic N) is 2. The highest BCUT2D eigenvalue weighted by Crippen LogP contribution is 2.20.